The lowest BCUT2D eigenvalue weighted by Gasteiger charge is -2.32. The lowest BCUT2D eigenvalue weighted by atomic mass is 10.0. The first-order valence-corrected chi connectivity index (χ1v) is 11.2. The van der Waals surface area contributed by atoms with Crippen molar-refractivity contribution in [2.24, 2.45) is 4.99 Å². The highest BCUT2D eigenvalue weighted by atomic mass is 16.5. The predicted octanol–water partition coefficient (Wildman–Crippen LogP) is 2.35. The summed E-state index contributed by atoms with van der Waals surface area (Å²) in [6, 6.07) is 11.8. The number of pyridine rings is 1. The number of guanidine groups is 1. The molecule has 0 amide bonds. The lowest BCUT2D eigenvalue weighted by molar-refractivity contribution is 0.185. The molecule has 1 aromatic carbocycles. The van der Waals surface area contributed by atoms with E-state index in [0.29, 0.717) is 23.1 Å². The van der Waals surface area contributed by atoms with Crippen molar-refractivity contribution in [2.45, 2.75) is 38.5 Å². The maximum atomic E-state index is 10.7. The monoisotopic (exact) mass is 441 g/mol. The van der Waals surface area contributed by atoms with Gasteiger partial charge in [0.1, 0.15) is 11.5 Å². The second-order valence-electron chi connectivity index (χ2n) is 7.90. The Morgan fingerprint density at radius 3 is 2.50 bits per heavy atom. The van der Waals surface area contributed by atoms with Gasteiger partial charge in [0.25, 0.3) is 0 Å². The fourth-order valence-corrected chi connectivity index (χ4v) is 3.77. The highest BCUT2D eigenvalue weighted by molar-refractivity contribution is 5.80. The topological polar surface area (TPSA) is 91.2 Å². The van der Waals surface area contributed by atoms with Gasteiger partial charge in [-0.05, 0) is 49.6 Å². The molecule has 1 aromatic heterocycles. The SMILES string of the molecule is CCNC(=NCC(O)c1cc(OC)cc(OC)c1)NC1CCN(Cc2ccccn2)CC1. The summed E-state index contributed by atoms with van der Waals surface area (Å²) in [5, 5.41) is 17.5. The quantitative estimate of drug-likeness (QED) is 0.406. The molecule has 1 unspecified atom stereocenters. The van der Waals surface area contributed by atoms with Gasteiger partial charge in [-0.1, -0.05) is 6.07 Å². The van der Waals surface area contributed by atoms with Crippen LogP contribution in [-0.2, 0) is 6.54 Å². The number of benzene rings is 1. The van der Waals surface area contributed by atoms with E-state index in [1.54, 1.807) is 32.4 Å². The van der Waals surface area contributed by atoms with Gasteiger partial charge in [0.2, 0.25) is 0 Å². The van der Waals surface area contributed by atoms with Crippen LogP contribution in [0.1, 0.15) is 37.1 Å². The van der Waals surface area contributed by atoms with Gasteiger partial charge in [-0.25, -0.2) is 0 Å². The highest BCUT2D eigenvalue weighted by Crippen LogP contribution is 2.26. The number of nitrogens with one attached hydrogen (secondary N) is 2. The Morgan fingerprint density at radius 2 is 1.91 bits per heavy atom. The average molecular weight is 442 g/mol. The van der Waals surface area contributed by atoms with Gasteiger partial charge in [-0.3, -0.25) is 14.9 Å². The van der Waals surface area contributed by atoms with Crippen molar-refractivity contribution in [3.8, 4) is 11.5 Å². The van der Waals surface area contributed by atoms with Crippen LogP contribution in [0.3, 0.4) is 0 Å². The zero-order valence-electron chi connectivity index (χ0n) is 19.3. The zero-order valence-corrected chi connectivity index (χ0v) is 19.3. The molecule has 0 saturated carbocycles. The molecule has 1 fully saturated rings. The van der Waals surface area contributed by atoms with Gasteiger partial charge in [-0.2, -0.15) is 0 Å². The van der Waals surface area contributed by atoms with E-state index in [4.69, 9.17) is 9.47 Å². The molecule has 2 heterocycles. The minimum absolute atomic E-state index is 0.240. The van der Waals surface area contributed by atoms with Crippen molar-refractivity contribution >= 4 is 5.96 Å². The Kier molecular flexibility index (Phi) is 9.13. The largest absolute Gasteiger partial charge is 0.497 e. The molecule has 3 rings (SSSR count). The fraction of sp³-hybridized carbons (Fsp3) is 0.500. The Balaban J connectivity index is 1.54. The number of aliphatic imine (C=N–C) groups is 1. The highest BCUT2D eigenvalue weighted by Gasteiger charge is 2.20. The van der Waals surface area contributed by atoms with Crippen LogP contribution in [0, 0.1) is 0 Å². The number of methoxy groups -OCH3 is 2. The third-order valence-corrected chi connectivity index (χ3v) is 5.57. The first-order valence-electron chi connectivity index (χ1n) is 11.2. The molecule has 8 heteroatoms. The van der Waals surface area contributed by atoms with Crippen LogP contribution >= 0.6 is 0 Å². The van der Waals surface area contributed by atoms with E-state index in [1.807, 2.05) is 25.3 Å². The van der Waals surface area contributed by atoms with Crippen LogP contribution in [-0.4, -0.2) is 67.4 Å². The van der Waals surface area contributed by atoms with Crippen molar-refractivity contribution in [2.75, 3.05) is 40.4 Å². The predicted molar refractivity (Wildman–Crippen MR) is 126 cm³/mol. The van der Waals surface area contributed by atoms with Gasteiger partial charge < -0.3 is 25.2 Å². The van der Waals surface area contributed by atoms with E-state index in [2.05, 4.69) is 31.6 Å². The van der Waals surface area contributed by atoms with E-state index in [9.17, 15) is 5.11 Å². The number of hydrogen-bond acceptors (Lipinski definition) is 6. The Hall–Kier alpha value is -2.84. The third-order valence-electron chi connectivity index (χ3n) is 5.57. The molecule has 1 atom stereocenters. The van der Waals surface area contributed by atoms with Crippen LogP contribution in [0.15, 0.2) is 47.6 Å². The van der Waals surface area contributed by atoms with Crippen LogP contribution < -0.4 is 20.1 Å². The number of aliphatic hydroxyl groups is 1. The van der Waals surface area contributed by atoms with E-state index >= 15 is 0 Å². The summed E-state index contributed by atoms with van der Waals surface area (Å²) in [7, 11) is 3.19. The summed E-state index contributed by atoms with van der Waals surface area (Å²) < 4.78 is 10.6. The lowest BCUT2D eigenvalue weighted by Crippen LogP contribution is -2.48. The number of aliphatic hydroxyl groups excluding tert-OH is 1. The molecular formula is C24H35N5O3. The number of aromatic nitrogens is 1. The van der Waals surface area contributed by atoms with Crippen molar-refractivity contribution < 1.29 is 14.6 Å². The molecule has 0 radical (unpaired) electrons. The molecule has 1 aliphatic heterocycles. The minimum Gasteiger partial charge on any atom is -0.497 e. The molecule has 1 saturated heterocycles. The maximum Gasteiger partial charge on any atom is 0.191 e. The van der Waals surface area contributed by atoms with Crippen molar-refractivity contribution in [3.63, 3.8) is 0 Å². The Bertz CT molecular complexity index is 832. The number of hydrogen-bond donors (Lipinski definition) is 3. The average Bonchev–Trinajstić information content (AvgIpc) is 2.84. The van der Waals surface area contributed by atoms with Gasteiger partial charge in [0.15, 0.2) is 5.96 Å². The molecule has 2 aromatic rings. The smallest absolute Gasteiger partial charge is 0.191 e. The number of piperidine rings is 1. The molecule has 8 nitrogen and oxygen atoms in total. The maximum absolute atomic E-state index is 10.7. The molecule has 174 valence electrons. The second kappa shape index (κ2) is 12.3. The van der Waals surface area contributed by atoms with Gasteiger partial charge in [0, 0.05) is 44.5 Å². The first kappa shape index (κ1) is 23.8. The normalized spacial score (nSPS) is 16.4. The van der Waals surface area contributed by atoms with Crippen LogP contribution in [0.4, 0.5) is 0 Å². The minimum atomic E-state index is -0.755. The van der Waals surface area contributed by atoms with Crippen molar-refractivity contribution in [3.05, 3.63) is 53.9 Å². The molecule has 0 aliphatic carbocycles. The summed E-state index contributed by atoms with van der Waals surface area (Å²) >= 11 is 0. The first-order chi connectivity index (χ1) is 15.6. The standard InChI is InChI=1S/C24H35N5O3/c1-4-25-24(27-16-23(30)18-13-21(31-2)15-22(14-18)32-3)28-19-8-11-29(12-9-19)17-20-7-5-6-10-26-20/h5-7,10,13-15,19,23,30H,4,8-9,11-12,16-17H2,1-3H3,(H2,25,27,28). The summed E-state index contributed by atoms with van der Waals surface area (Å²) in [5.74, 6) is 2.01. The third kappa shape index (κ3) is 7.10. The summed E-state index contributed by atoms with van der Waals surface area (Å²) in [6.45, 7) is 5.95. The molecule has 0 bridgehead atoms. The molecule has 32 heavy (non-hydrogen) atoms. The van der Waals surface area contributed by atoms with Crippen LogP contribution in [0.5, 0.6) is 11.5 Å². The van der Waals surface area contributed by atoms with E-state index in [0.717, 1.165) is 50.7 Å². The van der Waals surface area contributed by atoms with Gasteiger partial charge >= 0.3 is 0 Å². The fourth-order valence-electron chi connectivity index (χ4n) is 3.77. The van der Waals surface area contributed by atoms with E-state index in [-0.39, 0.29) is 6.54 Å². The van der Waals surface area contributed by atoms with E-state index < -0.39 is 6.10 Å². The summed E-state index contributed by atoms with van der Waals surface area (Å²) in [4.78, 5) is 11.5. The Morgan fingerprint density at radius 1 is 1.19 bits per heavy atom. The zero-order chi connectivity index (χ0) is 22.8. The molecule has 3 N–H and O–H groups in total. The number of rotatable bonds is 9. The van der Waals surface area contributed by atoms with Gasteiger partial charge in [0.05, 0.1) is 32.6 Å². The number of nitrogens with zero attached hydrogens (tertiary/aromatic N) is 3. The molecular weight excluding hydrogens is 406 g/mol. The van der Waals surface area contributed by atoms with Crippen molar-refractivity contribution in [1.82, 2.24) is 20.5 Å². The van der Waals surface area contributed by atoms with Gasteiger partial charge in [-0.15, -0.1) is 0 Å². The number of ether oxygens (including phenoxy) is 2. The number of likely N-dealkylation sites (tertiary alicyclic amines) is 1. The second-order valence-corrected chi connectivity index (χ2v) is 7.90. The van der Waals surface area contributed by atoms with Crippen molar-refractivity contribution in [1.29, 1.82) is 0 Å². The summed E-state index contributed by atoms with van der Waals surface area (Å²) in [5.41, 5.74) is 1.82. The van der Waals surface area contributed by atoms with E-state index in [1.165, 1.54) is 0 Å². The summed E-state index contributed by atoms with van der Waals surface area (Å²) in [6.07, 6.45) is 3.16. The molecule has 0 spiro atoms. The van der Waals surface area contributed by atoms with Crippen LogP contribution in [0.25, 0.3) is 0 Å². The Labute approximate surface area is 190 Å². The molecule has 1 aliphatic rings. The van der Waals surface area contributed by atoms with Crippen LogP contribution in [0.2, 0.25) is 0 Å².